The van der Waals surface area contributed by atoms with Crippen LogP contribution in [0.3, 0.4) is 0 Å². The van der Waals surface area contributed by atoms with Crippen LogP contribution in [0, 0.1) is 20.8 Å². The molecule has 0 aliphatic heterocycles. The minimum absolute atomic E-state index is 0.307. The summed E-state index contributed by atoms with van der Waals surface area (Å²) in [6.07, 6.45) is -4.77. The molecule has 0 aliphatic carbocycles. The molecule has 0 radical (unpaired) electrons. The molecular weight excluding hydrogens is 417 g/mol. The number of aryl methyl sites for hydroxylation is 3. The summed E-state index contributed by atoms with van der Waals surface area (Å²) >= 11 is 0. The van der Waals surface area contributed by atoms with Crippen molar-refractivity contribution in [1.29, 1.82) is 0 Å². The number of halogens is 3. The van der Waals surface area contributed by atoms with E-state index < -0.39 is 6.36 Å². The van der Waals surface area contributed by atoms with E-state index in [4.69, 9.17) is 0 Å². The van der Waals surface area contributed by atoms with Crippen molar-refractivity contribution in [3.63, 3.8) is 0 Å². The monoisotopic (exact) mass is 444 g/mol. The van der Waals surface area contributed by atoms with Crippen molar-refractivity contribution in [2.24, 2.45) is 0 Å². The molecule has 8 heteroatoms. The van der Waals surface area contributed by atoms with Gasteiger partial charge in [-0.1, -0.05) is 29.8 Å². The van der Waals surface area contributed by atoms with Gasteiger partial charge >= 0.3 is 6.36 Å². The summed E-state index contributed by atoms with van der Waals surface area (Å²) in [5.41, 5.74) is 4.84. The highest BCUT2D eigenvalue weighted by Crippen LogP contribution is 2.31. The Kier molecular flexibility index (Phi) is 6.34. The summed E-state index contributed by atoms with van der Waals surface area (Å²) in [5, 5.41) is 6.59. The third-order valence-electron chi connectivity index (χ3n) is 4.51. The zero-order chi connectivity index (χ0) is 23.7. The molecule has 2 aromatic carbocycles. The highest BCUT2D eigenvalue weighted by molar-refractivity contribution is 5.71. The first-order valence-electron chi connectivity index (χ1n) is 10.2. The van der Waals surface area contributed by atoms with Crippen molar-refractivity contribution < 1.29 is 17.9 Å². The van der Waals surface area contributed by atoms with Crippen LogP contribution in [0.15, 0.2) is 42.5 Å². The summed E-state index contributed by atoms with van der Waals surface area (Å²) in [6.45, 7) is 12.0. The lowest BCUT2D eigenvalue weighted by Gasteiger charge is -2.22. The highest BCUT2D eigenvalue weighted by atomic mass is 19.4. The van der Waals surface area contributed by atoms with Crippen molar-refractivity contribution in [3.05, 3.63) is 59.2 Å². The Morgan fingerprint density at radius 1 is 0.875 bits per heavy atom. The van der Waals surface area contributed by atoms with E-state index in [9.17, 15) is 13.2 Å². The second-order valence-electron chi connectivity index (χ2n) is 8.81. The van der Waals surface area contributed by atoms with Gasteiger partial charge in [-0.3, -0.25) is 0 Å². The maximum Gasteiger partial charge on any atom is 0.573 e. The Hall–Kier alpha value is -3.29. The van der Waals surface area contributed by atoms with Gasteiger partial charge in [-0.05, 0) is 64.8 Å². The molecule has 0 atom stereocenters. The van der Waals surface area contributed by atoms with Crippen LogP contribution >= 0.6 is 0 Å². The minimum Gasteiger partial charge on any atom is -0.406 e. The molecule has 0 saturated carbocycles. The molecule has 3 rings (SSSR count). The average molecular weight is 445 g/mol. The van der Waals surface area contributed by atoms with Crippen molar-refractivity contribution >= 4 is 17.5 Å². The Morgan fingerprint density at radius 2 is 1.53 bits per heavy atom. The van der Waals surface area contributed by atoms with Crippen LogP contribution in [0.25, 0.3) is 11.3 Å². The predicted octanol–water partition coefficient (Wildman–Crippen LogP) is 6.92. The molecule has 1 heterocycles. The maximum atomic E-state index is 12.7. The normalized spacial score (nSPS) is 11.9. The predicted molar refractivity (Wildman–Crippen MR) is 121 cm³/mol. The summed E-state index contributed by atoms with van der Waals surface area (Å²) in [5.74, 6) is 0.583. The van der Waals surface area contributed by atoms with Crippen molar-refractivity contribution in [2.75, 3.05) is 10.6 Å². The fourth-order valence-corrected chi connectivity index (χ4v) is 3.41. The van der Waals surface area contributed by atoms with Gasteiger partial charge in [0.05, 0.1) is 5.69 Å². The number of nitrogens with zero attached hydrogens (tertiary/aromatic N) is 2. The van der Waals surface area contributed by atoms with E-state index in [2.05, 4.69) is 37.5 Å². The first kappa shape index (κ1) is 23.4. The summed E-state index contributed by atoms with van der Waals surface area (Å²) in [7, 11) is 0. The third kappa shape index (κ3) is 6.35. The first-order valence-corrected chi connectivity index (χ1v) is 10.2. The third-order valence-corrected chi connectivity index (χ3v) is 4.51. The van der Waals surface area contributed by atoms with Crippen LogP contribution in [-0.2, 0) is 0 Å². The number of hydrogen-bond donors (Lipinski definition) is 2. The lowest BCUT2D eigenvalue weighted by atomic mass is 10.0. The van der Waals surface area contributed by atoms with E-state index in [1.165, 1.54) is 18.2 Å². The molecule has 0 fully saturated rings. The Bertz CT molecular complexity index is 1100. The van der Waals surface area contributed by atoms with Gasteiger partial charge in [0.15, 0.2) is 0 Å². The molecule has 170 valence electrons. The molecule has 0 unspecified atom stereocenters. The highest BCUT2D eigenvalue weighted by Gasteiger charge is 2.31. The van der Waals surface area contributed by atoms with Gasteiger partial charge in [0.2, 0.25) is 5.95 Å². The maximum absolute atomic E-state index is 12.7. The van der Waals surface area contributed by atoms with Crippen LogP contribution in [0.1, 0.15) is 37.5 Å². The lowest BCUT2D eigenvalue weighted by Crippen LogP contribution is -2.27. The minimum atomic E-state index is -4.77. The second kappa shape index (κ2) is 8.68. The molecular formula is C24H27F3N4O. The number of benzene rings is 2. The molecule has 1 aromatic heterocycles. The summed E-state index contributed by atoms with van der Waals surface area (Å²) in [4.78, 5) is 9.11. The zero-order valence-electron chi connectivity index (χ0n) is 19.0. The largest absolute Gasteiger partial charge is 0.573 e. The van der Waals surface area contributed by atoms with Gasteiger partial charge in [-0.15, -0.1) is 13.2 Å². The van der Waals surface area contributed by atoms with E-state index in [0.29, 0.717) is 23.0 Å². The molecule has 0 saturated heterocycles. The molecule has 2 N–H and O–H groups in total. The van der Waals surface area contributed by atoms with Crippen LogP contribution < -0.4 is 15.4 Å². The van der Waals surface area contributed by atoms with Gasteiger partial charge < -0.3 is 15.4 Å². The van der Waals surface area contributed by atoms with Crippen LogP contribution in [0.5, 0.6) is 5.75 Å². The van der Waals surface area contributed by atoms with Gasteiger partial charge in [0, 0.05) is 22.9 Å². The van der Waals surface area contributed by atoms with Gasteiger partial charge in [0.25, 0.3) is 0 Å². The van der Waals surface area contributed by atoms with E-state index in [1.807, 2.05) is 41.5 Å². The molecule has 0 bridgehead atoms. The Morgan fingerprint density at radius 3 is 2.12 bits per heavy atom. The van der Waals surface area contributed by atoms with Crippen LogP contribution in [0.2, 0.25) is 0 Å². The van der Waals surface area contributed by atoms with Crippen LogP contribution in [0.4, 0.5) is 30.6 Å². The quantitative estimate of drug-likeness (QED) is 0.447. The van der Waals surface area contributed by atoms with E-state index in [0.717, 1.165) is 22.4 Å². The number of rotatable bonds is 5. The number of ether oxygens (including phenoxy) is 1. The van der Waals surface area contributed by atoms with Gasteiger partial charge in [-0.2, -0.15) is 4.98 Å². The number of nitrogens with one attached hydrogen (secondary N) is 2. The van der Waals surface area contributed by atoms with E-state index in [1.54, 1.807) is 12.1 Å². The number of hydrogen-bond acceptors (Lipinski definition) is 5. The van der Waals surface area contributed by atoms with Crippen molar-refractivity contribution in [2.45, 2.75) is 53.4 Å². The fraction of sp³-hybridized carbons (Fsp3) is 0.333. The SMILES string of the molecule is Cc1cc(C)c(Nc2cc(-c3cccc(OC(F)(F)F)c3)nc(NC(C)(C)C)n2)c(C)c1. The second-order valence-corrected chi connectivity index (χ2v) is 8.81. The van der Waals surface area contributed by atoms with Crippen molar-refractivity contribution in [1.82, 2.24) is 9.97 Å². The Labute approximate surface area is 186 Å². The summed E-state index contributed by atoms with van der Waals surface area (Å²) < 4.78 is 42.1. The van der Waals surface area contributed by atoms with Crippen molar-refractivity contribution in [3.8, 4) is 17.0 Å². The molecule has 3 aromatic rings. The molecule has 5 nitrogen and oxygen atoms in total. The van der Waals surface area contributed by atoms with E-state index >= 15 is 0 Å². The fourth-order valence-electron chi connectivity index (χ4n) is 3.41. The average Bonchev–Trinajstić information content (AvgIpc) is 2.62. The first-order chi connectivity index (χ1) is 14.8. The molecule has 0 spiro atoms. The number of aromatic nitrogens is 2. The molecule has 0 aliphatic rings. The van der Waals surface area contributed by atoms with Gasteiger partial charge in [0.1, 0.15) is 11.6 Å². The summed E-state index contributed by atoms with van der Waals surface area (Å²) in [6, 6.07) is 11.6. The lowest BCUT2D eigenvalue weighted by molar-refractivity contribution is -0.274. The number of alkyl halides is 3. The zero-order valence-corrected chi connectivity index (χ0v) is 19.0. The van der Waals surface area contributed by atoms with Crippen LogP contribution in [-0.4, -0.2) is 21.9 Å². The standard InChI is InChI=1S/C24H27F3N4O/c1-14-10-15(2)21(16(3)11-14)29-20-13-19(28-22(30-20)31-23(4,5)6)17-8-7-9-18(12-17)32-24(25,26)27/h7-13H,1-6H3,(H2,28,29,30,31). The topological polar surface area (TPSA) is 59.1 Å². The molecule has 0 amide bonds. The smallest absolute Gasteiger partial charge is 0.406 e. The molecule has 32 heavy (non-hydrogen) atoms. The Balaban J connectivity index is 2.06. The van der Waals surface area contributed by atoms with E-state index in [-0.39, 0.29) is 11.3 Å². The number of anilines is 3. The van der Waals surface area contributed by atoms with Gasteiger partial charge in [-0.25, -0.2) is 4.98 Å².